The Morgan fingerprint density at radius 1 is 0.958 bits per heavy atom. The van der Waals surface area contributed by atoms with Crippen molar-refractivity contribution in [3.8, 4) is 0 Å². The van der Waals surface area contributed by atoms with Crippen LogP contribution < -0.4 is 10.6 Å². The number of nitrogens with one attached hydrogen (secondary N) is 2. The third-order valence-electron chi connectivity index (χ3n) is 3.71. The van der Waals surface area contributed by atoms with Crippen molar-refractivity contribution >= 4 is 29.9 Å². The van der Waals surface area contributed by atoms with Crippen LogP contribution in [0.3, 0.4) is 0 Å². The Hall–Kier alpha value is -0.820. The van der Waals surface area contributed by atoms with Crippen LogP contribution in [0.1, 0.15) is 44.6 Å². The van der Waals surface area contributed by atoms with Gasteiger partial charge in [-0.05, 0) is 44.6 Å². The molecule has 0 radical (unpaired) electrons. The van der Waals surface area contributed by atoms with Crippen molar-refractivity contribution in [1.82, 2.24) is 10.6 Å². The van der Waals surface area contributed by atoms with Crippen molar-refractivity contribution < 1.29 is 4.74 Å². The van der Waals surface area contributed by atoms with Gasteiger partial charge in [0.2, 0.25) is 0 Å². The lowest BCUT2D eigenvalue weighted by Crippen LogP contribution is -2.38. The van der Waals surface area contributed by atoms with Crippen molar-refractivity contribution in [3.63, 3.8) is 0 Å². The highest BCUT2D eigenvalue weighted by atomic mass is 127. The van der Waals surface area contributed by atoms with Gasteiger partial charge in [-0.2, -0.15) is 0 Å². The highest BCUT2D eigenvalue weighted by Gasteiger charge is 1.97. The van der Waals surface area contributed by atoms with Gasteiger partial charge in [-0.3, -0.25) is 4.99 Å². The maximum Gasteiger partial charge on any atom is 0.190 e. The van der Waals surface area contributed by atoms with E-state index >= 15 is 0 Å². The molecular formula is C19H34IN3O. The van der Waals surface area contributed by atoms with E-state index in [1.165, 1.54) is 31.2 Å². The quantitative estimate of drug-likeness (QED) is 0.220. The zero-order valence-electron chi connectivity index (χ0n) is 15.2. The first-order valence-corrected chi connectivity index (χ1v) is 8.93. The number of nitrogens with zero attached hydrogens (tertiary/aromatic N) is 1. The van der Waals surface area contributed by atoms with Gasteiger partial charge in [-0.25, -0.2) is 0 Å². The number of ether oxygens (including phenoxy) is 1. The molecule has 0 saturated heterocycles. The SMILES string of the molecule is CCOCCCCNC(=NC)NCCCCCc1ccccc1.I. The van der Waals surface area contributed by atoms with E-state index < -0.39 is 0 Å². The molecule has 0 aromatic heterocycles. The first-order valence-electron chi connectivity index (χ1n) is 8.93. The van der Waals surface area contributed by atoms with Gasteiger partial charge in [-0.15, -0.1) is 24.0 Å². The summed E-state index contributed by atoms with van der Waals surface area (Å²) in [5.41, 5.74) is 1.44. The molecule has 24 heavy (non-hydrogen) atoms. The Morgan fingerprint density at radius 3 is 2.25 bits per heavy atom. The van der Waals surface area contributed by atoms with E-state index in [4.69, 9.17) is 4.74 Å². The van der Waals surface area contributed by atoms with Crippen LogP contribution in [0.2, 0.25) is 0 Å². The van der Waals surface area contributed by atoms with Crippen LogP contribution in [0.4, 0.5) is 0 Å². The third-order valence-corrected chi connectivity index (χ3v) is 3.71. The van der Waals surface area contributed by atoms with E-state index in [2.05, 4.69) is 46.0 Å². The standard InChI is InChI=1S/C19H33N3O.HI/c1-3-23-17-11-10-16-22-19(20-2)21-15-9-5-8-14-18-12-6-4-7-13-18;/h4,6-7,12-13H,3,5,8-11,14-17H2,1-2H3,(H2,20,21,22);1H. The number of benzene rings is 1. The van der Waals surface area contributed by atoms with E-state index in [9.17, 15) is 0 Å². The van der Waals surface area contributed by atoms with Gasteiger partial charge < -0.3 is 15.4 Å². The molecule has 5 heteroatoms. The summed E-state index contributed by atoms with van der Waals surface area (Å²) < 4.78 is 5.33. The molecule has 0 aliphatic heterocycles. The fourth-order valence-corrected chi connectivity index (χ4v) is 2.38. The van der Waals surface area contributed by atoms with Gasteiger partial charge in [0, 0.05) is 33.4 Å². The van der Waals surface area contributed by atoms with Gasteiger partial charge in [0.05, 0.1) is 0 Å². The molecule has 2 N–H and O–H groups in total. The van der Waals surface area contributed by atoms with Crippen molar-refractivity contribution in [2.75, 3.05) is 33.4 Å². The molecule has 0 aliphatic rings. The van der Waals surface area contributed by atoms with E-state index in [0.717, 1.165) is 45.1 Å². The molecule has 0 aliphatic carbocycles. The number of hydrogen-bond donors (Lipinski definition) is 2. The largest absolute Gasteiger partial charge is 0.382 e. The van der Waals surface area contributed by atoms with Gasteiger partial charge in [0.15, 0.2) is 5.96 Å². The summed E-state index contributed by atoms with van der Waals surface area (Å²) in [6, 6.07) is 10.7. The molecule has 0 bridgehead atoms. The molecule has 1 rings (SSSR count). The molecule has 0 spiro atoms. The summed E-state index contributed by atoms with van der Waals surface area (Å²) in [5.74, 6) is 0.907. The van der Waals surface area contributed by atoms with Crippen LogP contribution in [-0.4, -0.2) is 39.3 Å². The molecule has 0 saturated carbocycles. The Kier molecular flexibility index (Phi) is 16.4. The lowest BCUT2D eigenvalue weighted by atomic mass is 10.1. The second-order valence-corrected chi connectivity index (χ2v) is 5.63. The van der Waals surface area contributed by atoms with Gasteiger partial charge >= 0.3 is 0 Å². The number of aryl methyl sites for hydroxylation is 1. The zero-order valence-corrected chi connectivity index (χ0v) is 17.6. The summed E-state index contributed by atoms with van der Waals surface area (Å²) in [6.45, 7) is 5.62. The van der Waals surface area contributed by atoms with Crippen molar-refractivity contribution in [3.05, 3.63) is 35.9 Å². The number of guanidine groups is 1. The molecular weight excluding hydrogens is 413 g/mol. The topological polar surface area (TPSA) is 45.6 Å². The fourth-order valence-electron chi connectivity index (χ4n) is 2.38. The number of hydrogen-bond acceptors (Lipinski definition) is 2. The zero-order chi connectivity index (χ0) is 16.6. The minimum absolute atomic E-state index is 0. The first-order chi connectivity index (χ1) is 11.4. The number of halogens is 1. The van der Waals surface area contributed by atoms with Crippen LogP contribution in [0.5, 0.6) is 0 Å². The van der Waals surface area contributed by atoms with Crippen molar-refractivity contribution in [2.45, 2.75) is 45.4 Å². The molecule has 0 heterocycles. The predicted molar refractivity (Wildman–Crippen MR) is 115 cm³/mol. The predicted octanol–water partition coefficient (Wildman–Crippen LogP) is 4.00. The van der Waals surface area contributed by atoms with E-state index in [0.29, 0.717) is 0 Å². The number of rotatable bonds is 12. The summed E-state index contributed by atoms with van der Waals surface area (Å²) in [5, 5.41) is 6.72. The maximum atomic E-state index is 5.33. The van der Waals surface area contributed by atoms with Crippen LogP contribution in [0.15, 0.2) is 35.3 Å². The fraction of sp³-hybridized carbons (Fsp3) is 0.632. The number of unbranched alkanes of at least 4 members (excludes halogenated alkanes) is 3. The second-order valence-electron chi connectivity index (χ2n) is 5.63. The van der Waals surface area contributed by atoms with Crippen molar-refractivity contribution in [2.24, 2.45) is 4.99 Å². The number of aliphatic imine (C=N–C) groups is 1. The molecule has 1 aromatic rings. The van der Waals surface area contributed by atoms with E-state index in [-0.39, 0.29) is 24.0 Å². The average molecular weight is 447 g/mol. The molecule has 138 valence electrons. The molecule has 0 fully saturated rings. The summed E-state index contributed by atoms with van der Waals surface area (Å²) >= 11 is 0. The van der Waals surface area contributed by atoms with Crippen molar-refractivity contribution in [1.29, 1.82) is 0 Å². The van der Waals surface area contributed by atoms with Gasteiger partial charge in [0.1, 0.15) is 0 Å². The first kappa shape index (κ1) is 23.2. The summed E-state index contributed by atoms with van der Waals surface area (Å²) in [4.78, 5) is 4.25. The molecule has 4 nitrogen and oxygen atoms in total. The Balaban J connectivity index is 0.00000529. The Labute approximate surface area is 164 Å². The Bertz CT molecular complexity index is 412. The molecule has 1 aromatic carbocycles. The van der Waals surface area contributed by atoms with Crippen LogP contribution in [0, 0.1) is 0 Å². The van der Waals surface area contributed by atoms with Gasteiger partial charge in [0.25, 0.3) is 0 Å². The van der Waals surface area contributed by atoms with Gasteiger partial charge in [-0.1, -0.05) is 36.8 Å². The van der Waals surface area contributed by atoms with E-state index in [1.807, 2.05) is 14.0 Å². The monoisotopic (exact) mass is 447 g/mol. The second kappa shape index (κ2) is 17.0. The minimum Gasteiger partial charge on any atom is -0.382 e. The minimum atomic E-state index is 0. The van der Waals surface area contributed by atoms with Crippen LogP contribution >= 0.6 is 24.0 Å². The molecule has 0 unspecified atom stereocenters. The molecule has 0 atom stereocenters. The normalized spacial score (nSPS) is 11.0. The summed E-state index contributed by atoms with van der Waals surface area (Å²) in [6.07, 6.45) is 7.04. The highest BCUT2D eigenvalue weighted by Crippen LogP contribution is 2.05. The highest BCUT2D eigenvalue weighted by molar-refractivity contribution is 14.0. The lowest BCUT2D eigenvalue weighted by molar-refractivity contribution is 0.143. The lowest BCUT2D eigenvalue weighted by Gasteiger charge is -2.11. The third kappa shape index (κ3) is 12.6. The maximum absolute atomic E-state index is 5.33. The van der Waals surface area contributed by atoms with E-state index in [1.54, 1.807) is 0 Å². The Morgan fingerprint density at radius 2 is 1.62 bits per heavy atom. The molecule has 0 amide bonds. The summed E-state index contributed by atoms with van der Waals surface area (Å²) in [7, 11) is 1.82. The average Bonchev–Trinajstić information content (AvgIpc) is 2.60. The smallest absolute Gasteiger partial charge is 0.190 e. The van der Waals surface area contributed by atoms with Crippen LogP contribution in [-0.2, 0) is 11.2 Å². The van der Waals surface area contributed by atoms with Crippen LogP contribution in [0.25, 0.3) is 0 Å².